The standard InChI is InChI=1S/C19H19F3N2O2/c20-19(21,22)16-5-7-17(8-6-16)24-11-9-23(10-12-24)13-14-1-3-15(4-2-14)18(25)26/h1-8H,9-13H2,(H,25,26). The summed E-state index contributed by atoms with van der Waals surface area (Å²) in [5.74, 6) is -0.943. The molecule has 0 aromatic heterocycles. The van der Waals surface area contributed by atoms with Crippen LogP contribution in [0.3, 0.4) is 0 Å². The van der Waals surface area contributed by atoms with Crippen molar-refractivity contribution in [2.24, 2.45) is 0 Å². The Bertz CT molecular complexity index is 750. The highest BCUT2D eigenvalue weighted by atomic mass is 19.4. The largest absolute Gasteiger partial charge is 0.478 e. The smallest absolute Gasteiger partial charge is 0.416 e. The van der Waals surface area contributed by atoms with Gasteiger partial charge in [-0.15, -0.1) is 0 Å². The predicted octanol–water partition coefficient (Wildman–Crippen LogP) is 3.73. The van der Waals surface area contributed by atoms with Crippen molar-refractivity contribution in [3.05, 3.63) is 65.2 Å². The van der Waals surface area contributed by atoms with Crippen LogP contribution in [0.4, 0.5) is 18.9 Å². The second kappa shape index (κ2) is 7.37. The van der Waals surface area contributed by atoms with E-state index in [0.717, 1.165) is 56.1 Å². The van der Waals surface area contributed by atoms with Crippen LogP contribution in [-0.2, 0) is 12.7 Å². The number of benzene rings is 2. The van der Waals surface area contributed by atoms with Gasteiger partial charge in [0.15, 0.2) is 0 Å². The number of anilines is 1. The second-order valence-electron chi connectivity index (χ2n) is 6.31. The van der Waals surface area contributed by atoms with Crippen molar-refractivity contribution in [2.75, 3.05) is 31.1 Å². The molecule has 1 heterocycles. The van der Waals surface area contributed by atoms with Crippen molar-refractivity contribution < 1.29 is 23.1 Å². The zero-order valence-corrected chi connectivity index (χ0v) is 14.0. The molecule has 0 aliphatic carbocycles. The molecule has 138 valence electrons. The van der Waals surface area contributed by atoms with Crippen LogP contribution in [0.2, 0.25) is 0 Å². The van der Waals surface area contributed by atoms with Crippen LogP contribution in [0.25, 0.3) is 0 Å². The predicted molar refractivity (Wildman–Crippen MR) is 92.3 cm³/mol. The Labute approximate surface area is 149 Å². The third kappa shape index (κ3) is 4.35. The highest BCUT2D eigenvalue weighted by molar-refractivity contribution is 5.87. The van der Waals surface area contributed by atoms with E-state index in [0.29, 0.717) is 0 Å². The van der Waals surface area contributed by atoms with Gasteiger partial charge in [0.25, 0.3) is 0 Å². The van der Waals surface area contributed by atoms with Crippen LogP contribution in [-0.4, -0.2) is 42.2 Å². The first-order valence-electron chi connectivity index (χ1n) is 8.30. The topological polar surface area (TPSA) is 43.8 Å². The Morgan fingerprint density at radius 3 is 2.00 bits per heavy atom. The normalized spacial score (nSPS) is 15.9. The maximum Gasteiger partial charge on any atom is 0.416 e. The third-order valence-electron chi connectivity index (χ3n) is 4.54. The molecule has 0 saturated carbocycles. The summed E-state index contributed by atoms with van der Waals surface area (Å²) >= 11 is 0. The first-order chi connectivity index (χ1) is 12.3. The number of hydrogen-bond acceptors (Lipinski definition) is 3. The number of alkyl halides is 3. The molecular formula is C19H19F3N2O2. The maximum absolute atomic E-state index is 12.6. The fraction of sp³-hybridized carbons (Fsp3) is 0.316. The number of aromatic carboxylic acids is 1. The van der Waals surface area contributed by atoms with Crippen molar-refractivity contribution >= 4 is 11.7 Å². The highest BCUT2D eigenvalue weighted by Crippen LogP contribution is 2.30. The van der Waals surface area contributed by atoms with Gasteiger partial charge in [0, 0.05) is 38.4 Å². The van der Waals surface area contributed by atoms with E-state index < -0.39 is 17.7 Å². The lowest BCUT2D eigenvalue weighted by atomic mass is 10.1. The minimum atomic E-state index is -4.31. The minimum absolute atomic E-state index is 0.265. The molecule has 0 spiro atoms. The summed E-state index contributed by atoms with van der Waals surface area (Å²) in [6.07, 6.45) is -4.31. The highest BCUT2D eigenvalue weighted by Gasteiger charge is 2.30. The van der Waals surface area contributed by atoms with Gasteiger partial charge >= 0.3 is 12.1 Å². The van der Waals surface area contributed by atoms with E-state index in [4.69, 9.17) is 5.11 Å². The quantitative estimate of drug-likeness (QED) is 0.898. The van der Waals surface area contributed by atoms with Gasteiger partial charge in [0.2, 0.25) is 0 Å². The fourth-order valence-electron chi connectivity index (χ4n) is 3.04. The minimum Gasteiger partial charge on any atom is -0.478 e. The zero-order chi connectivity index (χ0) is 18.7. The van der Waals surface area contributed by atoms with Crippen molar-refractivity contribution in [3.8, 4) is 0 Å². The first-order valence-corrected chi connectivity index (χ1v) is 8.30. The molecule has 1 aliphatic rings. The van der Waals surface area contributed by atoms with E-state index in [-0.39, 0.29) is 5.56 Å². The van der Waals surface area contributed by atoms with Crippen LogP contribution in [0, 0.1) is 0 Å². The molecule has 3 rings (SSSR count). The summed E-state index contributed by atoms with van der Waals surface area (Å²) in [7, 11) is 0. The van der Waals surface area contributed by atoms with Crippen molar-refractivity contribution in [3.63, 3.8) is 0 Å². The Balaban J connectivity index is 1.54. The van der Waals surface area contributed by atoms with Gasteiger partial charge in [-0.2, -0.15) is 13.2 Å². The van der Waals surface area contributed by atoms with E-state index in [1.807, 2.05) is 12.1 Å². The van der Waals surface area contributed by atoms with Crippen LogP contribution in [0.15, 0.2) is 48.5 Å². The third-order valence-corrected chi connectivity index (χ3v) is 4.54. The molecule has 1 N–H and O–H groups in total. The van der Waals surface area contributed by atoms with Crippen LogP contribution < -0.4 is 4.90 Å². The number of halogens is 3. The van der Waals surface area contributed by atoms with E-state index in [1.54, 1.807) is 12.1 Å². The SMILES string of the molecule is O=C(O)c1ccc(CN2CCN(c3ccc(C(F)(F)F)cc3)CC2)cc1. The molecule has 0 unspecified atom stereocenters. The molecule has 2 aromatic rings. The lowest BCUT2D eigenvalue weighted by molar-refractivity contribution is -0.137. The average Bonchev–Trinajstić information content (AvgIpc) is 2.62. The fourth-order valence-corrected chi connectivity index (χ4v) is 3.04. The van der Waals surface area contributed by atoms with Gasteiger partial charge < -0.3 is 10.0 Å². The maximum atomic E-state index is 12.6. The van der Waals surface area contributed by atoms with Crippen molar-refractivity contribution in [2.45, 2.75) is 12.7 Å². The lowest BCUT2D eigenvalue weighted by Crippen LogP contribution is -2.45. The molecule has 0 radical (unpaired) electrons. The molecule has 1 saturated heterocycles. The number of hydrogen-bond donors (Lipinski definition) is 1. The summed E-state index contributed by atoms with van der Waals surface area (Å²) in [6, 6.07) is 12.1. The number of carbonyl (C=O) groups is 1. The Hall–Kier alpha value is -2.54. The van der Waals surface area contributed by atoms with Crippen LogP contribution in [0.1, 0.15) is 21.5 Å². The van der Waals surface area contributed by atoms with E-state index in [1.165, 1.54) is 12.1 Å². The Kier molecular flexibility index (Phi) is 5.18. The van der Waals surface area contributed by atoms with Gasteiger partial charge in [0.1, 0.15) is 0 Å². The summed E-state index contributed by atoms with van der Waals surface area (Å²) < 4.78 is 37.9. The molecule has 7 heteroatoms. The molecule has 1 fully saturated rings. The van der Waals surface area contributed by atoms with Gasteiger partial charge in [-0.3, -0.25) is 4.90 Å². The Morgan fingerprint density at radius 1 is 0.923 bits per heavy atom. The number of rotatable bonds is 4. The van der Waals surface area contributed by atoms with Gasteiger partial charge in [-0.05, 0) is 42.0 Å². The number of piperazine rings is 1. The number of carboxylic acid groups (broad SMARTS) is 1. The van der Waals surface area contributed by atoms with E-state index >= 15 is 0 Å². The van der Waals surface area contributed by atoms with Gasteiger partial charge in [-0.1, -0.05) is 12.1 Å². The Morgan fingerprint density at radius 2 is 1.50 bits per heavy atom. The van der Waals surface area contributed by atoms with E-state index in [2.05, 4.69) is 9.80 Å². The van der Waals surface area contributed by atoms with Crippen molar-refractivity contribution in [1.29, 1.82) is 0 Å². The van der Waals surface area contributed by atoms with Crippen LogP contribution in [0.5, 0.6) is 0 Å². The molecule has 26 heavy (non-hydrogen) atoms. The monoisotopic (exact) mass is 364 g/mol. The van der Waals surface area contributed by atoms with Gasteiger partial charge in [-0.25, -0.2) is 4.79 Å². The molecule has 0 atom stereocenters. The first kappa shape index (κ1) is 18.3. The number of carboxylic acids is 1. The average molecular weight is 364 g/mol. The molecule has 2 aromatic carbocycles. The van der Waals surface area contributed by atoms with Crippen LogP contribution >= 0.6 is 0 Å². The summed E-state index contributed by atoms with van der Waals surface area (Å²) in [5.41, 5.74) is 1.46. The second-order valence-corrected chi connectivity index (χ2v) is 6.31. The van der Waals surface area contributed by atoms with Gasteiger partial charge in [0.05, 0.1) is 11.1 Å². The summed E-state index contributed by atoms with van der Waals surface area (Å²) in [6.45, 7) is 3.78. The van der Waals surface area contributed by atoms with Crippen molar-refractivity contribution in [1.82, 2.24) is 4.90 Å². The lowest BCUT2D eigenvalue weighted by Gasteiger charge is -2.36. The summed E-state index contributed by atoms with van der Waals surface area (Å²) in [5, 5.41) is 8.92. The number of nitrogens with zero attached hydrogens (tertiary/aromatic N) is 2. The molecular weight excluding hydrogens is 345 g/mol. The molecule has 1 aliphatic heterocycles. The molecule has 0 amide bonds. The van der Waals surface area contributed by atoms with E-state index in [9.17, 15) is 18.0 Å². The molecule has 4 nitrogen and oxygen atoms in total. The summed E-state index contributed by atoms with van der Waals surface area (Å²) in [4.78, 5) is 15.2. The molecule has 0 bridgehead atoms. The zero-order valence-electron chi connectivity index (χ0n) is 14.0.